The summed E-state index contributed by atoms with van der Waals surface area (Å²) in [5.41, 5.74) is 2.29. The third kappa shape index (κ3) is 1.96. The fourth-order valence-corrected chi connectivity index (χ4v) is 2.99. The van der Waals surface area contributed by atoms with Crippen molar-refractivity contribution in [2.75, 3.05) is 6.61 Å². The van der Waals surface area contributed by atoms with Crippen LogP contribution in [0.3, 0.4) is 0 Å². The first-order valence-corrected chi connectivity index (χ1v) is 6.87. The van der Waals surface area contributed by atoms with E-state index in [4.69, 9.17) is 4.74 Å². The predicted octanol–water partition coefficient (Wildman–Crippen LogP) is 2.14. The molecular formula is C16H18N2O2. The van der Waals surface area contributed by atoms with Gasteiger partial charge in [0.1, 0.15) is 5.60 Å². The molecule has 2 aromatic heterocycles. The smallest absolute Gasteiger partial charge is 0.250 e. The van der Waals surface area contributed by atoms with Crippen LogP contribution in [-0.2, 0) is 17.4 Å². The molecule has 1 atom stereocenters. The molecule has 3 heterocycles. The molecule has 0 saturated carbocycles. The van der Waals surface area contributed by atoms with Crippen LogP contribution in [-0.4, -0.2) is 16.2 Å². The molecule has 0 N–H and O–H groups in total. The van der Waals surface area contributed by atoms with Crippen LogP contribution >= 0.6 is 0 Å². The molecule has 4 heteroatoms. The maximum Gasteiger partial charge on any atom is 0.250 e. The lowest BCUT2D eigenvalue weighted by Gasteiger charge is -2.30. The van der Waals surface area contributed by atoms with Crippen molar-refractivity contribution in [3.8, 4) is 0 Å². The van der Waals surface area contributed by atoms with E-state index in [2.05, 4.69) is 4.98 Å². The highest BCUT2D eigenvalue weighted by Gasteiger charge is 2.41. The molecule has 0 aliphatic carbocycles. The number of pyridine rings is 2. The van der Waals surface area contributed by atoms with Crippen molar-refractivity contribution in [1.82, 2.24) is 9.55 Å². The van der Waals surface area contributed by atoms with Gasteiger partial charge in [0.15, 0.2) is 0 Å². The number of nitrogens with zero attached hydrogens (tertiary/aromatic N) is 2. The SMILES string of the molecule is Cc1cn(C)c(=O)cc1C1(c2ccccn2)CCCO1. The van der Waals surface area contributed by atoms with E-state index < -0.39 is 5.60 Å². The maximum absolute atomic E-state index is 12.0. The van der Waals surface area contributed by atoms with Crippen molar-refractivity contribution in [3.63, 3.8) is 0 Å². The Balaban J connectivity index is 2.22. The van der Waals surface area contributed by atoms with Crippen LogP contribution in [0.25, 0.3) is 0 Å². The van der Waals surface area contributed by atoms with Gasteiger partial charge in [-0.15, -0.1) is 0 Å². The molecule has 0 radical (unpaired) electrons. The molecule has 4 nitrogen and oxygen atoms in total. The number of aromatic nitrogens is 2. The summed E-state index contributed by atoms with van der Waals surface area (Å²) >= 11 is 0. The lowest BCUT2D eigenvalue weighted by atomic mass is 9.85. The first-order valence-electron chi connectivity index (χ1n) is 6.87. The van der Waals surface area contributed by atoms with E-state index in [0.29, 0.717) is 6.61 Å². The zero-order valence-electron chi connectivity index (χ0n) is 11.8. The van der Waals surface area contributed by atoms with Crippen molar-refractivity contribution in [2.24, 2.45) is 7.05 Å². The van der Waals surface area contributed by atoms with Gasteiger partial charge in [0.05, 0.1) is 5.69 Å². The molecule has 104 valence electrons. The summed E-state index contributed by atoms with van der Waals surface area (Å²) in [6.07, 6.45) is 5.47. The number of hydrogen-bond acceptors (Lipinski definition) is 3. The van der Waals surface area contributed by atoms with Crippen molar-refractivity contribution in [2.45, 2.75) is 25.4 Å². The molecule has 0 amide bonds. The van der Waals surface area contributed by atoms with E-state index >= 15 is 0 Å². The van der Waals surface area contributed by atoms with Gasteiger partial charge in [-0.05, 0) is 43.0 Å². The maximum atomic E-state index is 12.0. The van der Waals surface area contributed by atoms with E-state index in [-0.39, 0.29) is 5.56 Å². The van der Waals surface area contributed by atoms with Crippen molar-refractivity contribution in [1.29, 1.82) is 0 Å². The minimum absolute atomic E-state index is 0.0172. The number of aryl methyl sites for hydroxylation is 2. The average Bonchev–Trinajstić information content (AvgIpc) is 2.94. The Hall–Kier alpha value is -1.94. The largest absolute Gasteiger partial charge is 0.364 e. The Labute approximate surface area is 118 Å². The minimum atomic E-state index is -0.571. The van der Waals surface area contributed by atoms with Crippen LogP contribution in [0, 0.1) is 6.92 Å². The predicted molar refractivity (Wildman–Crippen MR) is 76.6 cm³/mol. The summed E-state index contributed by atoms with van der Waals surface area (Å²) in [4.78, 5) is 16.5. The molecule has 2 aromatic rings. The molecule has 20 heavy (non-hydrogen) atoms. The molecular weight excluding hydrogens is 252 g/mol. The monoisotopic (exact) mass is 270 g/mol. The van der Waals surface area contributed by atoms with E-state index in [1.165, 1.54) is 0 Å². The molecule has 0 spiro atoms. The van der Waals surface area contributed by atoms with Gasteiger partial charge in [-0.3, -0.25) is 9.78 Å². The van der Waals surface area contributed by atoms with Gasteiger partial charge >= 0.3 is 0 Å². The second kappa shape index (κ2) is 4.87. The lowest BCUT2D eigenvalue weighted by molar-refractivity contribution is 0.0317. The van der Waals surface area contributed by atoms with Gasteiger partial charge in [-0.25, -0.2) is 0 Å². The normalized spacial score (nSPS) is 22.1. The molecule has 1 aliphatic rings. The molecule has 1 fully saturated rings. The zero-order chi connectivity index (χ0) is 14.2. The van der Waals surface area contributed by atoms with Gasteiger partial charge in [0.2, 0.25) is 0 Å². The number of ether oxygens (including phenoxy) is 1. The zero-order valence-corrected chi connectivity index (χ0v) is 11.8. The fraction of sp³-hybridized carbons (Fsp3) is 0.375. The summed E-state index contributed by atoms with van der Waals surface area (Å²) in [5, 5.41) is 0. The van der Waals surface area contributed by atoms with Gasteiger partial charge in [0.25, 0.3) is 5.56 Å². The topological polar surface area (TPSA) is 44.1 Å². The average molecular weight is 270 g/mol. The lowest BCUT2D eigenvalue weighted by Crippen LogP contribution is -2.31. The summed E-state index contributed by atoms with van der Waals surface area (Å²) in [6, 6.07) is 7.52. The van der Waals surface area contributed by atoms with Crippen LogP contribution in [0.5, 0.6) is 0 Å². The fourth-order valence-electron chi connectivity index (χ4n) is 2.99. The molecule has 0 bridgehead atoms. The highest BCUT2D eigenvalue weighted by atomic mass is 16.5. The van der Waals surface area contributed by atoms with Crippen molar-refractivity contribution in [3.05, 3.63) is 63.8 Å². The Morgan fingerprint density at radius 2 is 2.25 bits per heavy atom. The third-order valence-electron chi connectivity index (χ3n) is 3.96. The number of hydrogen-bond donors (Lipinski definition) is 0. The summed E-state index contributed by atoms with van der Waals surface area (Å²) in [5.74, 6) is 0. The van der Waals surface area contributed by atoms with Crippen LogP contribution < -0.4 is 5.56 Å². The standard InChI is InChI=1S/C16H18N2O2/c1-12-11-18(2)15(19)10-13(12)16(7-5-9-20-16)14-6-3-4-8-17-14/h3-4,6,8,10-11H,5,7,9H2,1-2H3. The van der Waals surface area contributed by atoms with E-state index in [9.17, 15) is 4.79 Å². The summed E-state index contributed by atoms with van der Waals surface area (Å²) in [6.45, 7) is 2.71. The van der Waals surface area contributed by atoms with Gasteiger partial charge in [-0.1, -0.05) is 6.07 Å². The molecule has 1 unspecified atom stereocenters. The quantitative estimate of drug-likeness (QED) is 0.840. The van der Waals surface area contributed by atoms with Crippen LogP contribution in [0.15, 0.2) is 41.5 Å². The first kappa shape index (κ1) is 13.1. The van der Waals surface area contributed by atoms with Gasteiger partial charge in [-0.2, -0.15) is 0 Å². The summed E-state index contributed by atoms with van der Waals surface area (Å²) in [7, 11) is 1.77. The first-order chi connectivity index (χ1) is 9.63. The Bertz CT molecular complexity index is 671. The van der Waals surface area contributed by atoms with Crippen molar-refractivity contribution < 1.29 is 4.74 Å². The highest BCUT2D eigenvalue weighted by Crippen LogP contribution is 2.41. The molecule has 0 aromatic carbocycles. The van der Waals surface area contributed by atoms with Crippen LogP contribution in [0.2, 0.25) is 0 Å². The number of rotatable bonds is 2. The van der Waals surface area contributed by atoms with Gasteiger partial charge < -0.3 is 9.30 Å². The van der Waals surface area contributed by atoms with E-state index in [1.807, 2.05) is 31.3 Å². The Kier molecular flexibility index (Phi) is 3.18. The van der Waals surface area contributed by atoms with Gasteiger partial charge in [0, 0.05) is 32.1 Å². The highest BCUT2D eigenvalue weighted by molar-refractivity contribution is 5.37. The molecule has 1 aliphatic heterocycles. The van der Waals surface area contributed by atoms with Crippen LogP contribution in [0.4, 0.5) is 0 Å². The second-order valence-corrected chi connectivity index (χ2v) is 5.31. The minimum Gasteiger partial charge on any atom is -0.364 e. The van der Waals surface area contributed by atoms with E-state index in [1.54, 1.807) is 23.9 Å². The molecule has 3 rings (SSSR count). The second-order valence-electron chi connectivity index (χ2n) is 5.31. The summed E-state index contributed by atoms with van der Waals surface area (Å²) < 4.78 is 7.67. The van der Waals surface area contributed by atoms with Crippen LogP contribution in [0.1, 0.15) is 29.7 Å². The third-order valence-corrected chi connectivity index (χ3v) is 3.96. The molecule has 1 saturated heterocycles. The Morgan fingerprint density at radius 1 is 1.40 bits per heavy atom. The Morgan fingerprint density at radius 3 is 2.90 bits per heavy atom. The van der Waals surface area contributed by atoms with E-state index in [0.717, 1.165) is 29.7 Å². The van der Waals surface area contributed by atoms with Crippen molar-refractivity contribution >= 4 is 0 Å².